The molecule has 1 unspecified atom stereocenters. The summed E-state index contributed by atoms with van der Waals surface area (Å²) in [6.45, 7) is 1.09. The van der Waals surface area contributed by atoms with Gasteiger partial charge in [-0.05, 0) is 18.5 Å². The van der Waals surface area contributed by atoms with Gasteiger partial charge in [-0.3, -0.25) is 4.79 Å². The van der Waals surface area contributed by atoms with E-state index < -0.39 is 0 Å². The van der Waals surface area contributed by atoms with Crippen LogP contribution in [0.15, 0.2) is 30.3 Å². The molecule has 1 aromatic carbocycles. The van der Waals surface area contributed by atoms with Gasteiger partial charge in [0.15, 0.2) is 0 Å². The molecule has 0 amide bonds. The van der Waals surface area contributed by atoms with Gasteiger partial charge < -0.3 is 15.8 Å². The van der Waals surface area contributed by atoms with Crippen molar-refractivity contribution in [3.8, 4) is 0 Å². The molecule has 1 aliphatic heterocycles. The number of esters is 1. The second kappa shape index (κ2) is 5.09. The van der Waals surface area contributed by atoms with Gasteiger partial charge in [0.2, 0.25) is 0 Å². The molecule has 1 fully saturated rings. The molecule has 0 radical (unpaired) electrons. The van der Waals surface area contributed by atoms with E-state index in [9.17, 15) is 4.79 Å². The molecule has 1 aromatic rings. The van der Waals surface area contributed by atoms with Crippen molar-refractivity contribution >= 4 is 5.97 Å². The molecular weight excluding hydrogens is 204 g/mol. The maximum Gasteiger partial charge on any atom is 0.325 e. The van der Waals surface area contributed by atoms with Gasteiger partial charge in [0.05, 0.1) is 0 Å². The van der Waals surface area contributed by atoms with Crippen LogP contribution in [0.3, 0.4) is 0 Å². The van der Waals surface area contributed by atoms with Gasteiger partial charge >= 0.3 is 5.97 Å². The summed E-state index contributed by atoms with van der Waals surface area (Å²) < 4.78 is 5.20. The molecule has 0 bridgehead atoms. The van der Waals surface area contributed by atoms with E-state index in [1.165, 1.54) is 0 Å². The first kappa shape index (κ1) is 11.1. The predicted molar refractivity (Wildman–Crippen MR) is 60.6 cm³/mol. The number of nitrogens with two attached hydrogens (primary N) is 1. The standard InChI is InChI=1S/C12H16N2O2/c13-10-6-7-14-11(10)12(15)16-8-9-4-2-1-3-5-9/h1-5,10-11,14H,6-8,13H2/t10-,11?/m1/s1. The van der Waals surface area contributed by atoms with Gasteiger partial charge in [-0.15, -0.1) is 0 Å². The van der Waals surface area contributed by atoms with Crippen LogP contribution in [0.2, 0.25) is 0 Å². The molecule has 1 aliphatic rings. The molecule has 1 heterocycles. The van der Waals surface area contributed by atoms with Crippen LogP contribution >= 0.6 is 0 Å². The maximum atomic E-state index is 11.7. The fraction of sp³-hybridized carbons (Fsp3) is 0.417. The third-order valence-electron chi connectivity index (χ3n) is 2.75. The summed E-state index contributed by atoms with van der Waals surface area (Å²) in [6.07, 6.45) is 0.825. The molecule has 4 heteroatoms. The summed E-state index contributed by atoms with van der Waals surface area (Å²) in [5.41, 5.74) is 6.77. The monoisotopic (exact) mass is 220 g/mol. The van der Waals surface area contributed by atoms with E-state index >= 15 is 0 Å². The van der Waals surface area contributed by atoms with Gasteiger partial charge in [0.25, 0.3) is 0 Å². The van der Waals surface area contributed by atoms with E-state index in [-0.39, 0.29) is 18.1 Å². The van der Waals surface area contributed by atoms with Crippen LogP contribution in [-0.2, 0) is 16.1 Å². The highest BCUT2D eigenvalue weighted by Crippen LogP contribution is 2.08. The van der Waals surface area contributed by atoms with Crippen LogP contribution in [-0.4, -0.2) is 24.6 Å². The Morgan fingerprint density at radius 3 is 2.81 bits per heavy atom. The number of benzene rings is 1. The van der Waals surface area contributed by atoms with Crippen molar-refractivity contribution in [3.63, 3.8) is 0 Å². The number of hydrogen-bond acceptors (Lipinski definition) is 4. The average molecular weight is 220 g/mol. The third-order valence-corrected chi connectivity index (χ3v) is 2.75. The molecule has 0 aromatic heterocycles. The van der Waals surface area contributed by atoms with E-state index in [4.69, 9.17) is 10.5 Å². The normalized spacial score (nSPS) is 24.3. The van der Waals surface area contributed by atoms with E-state index in [2.05, 4.69) is 5.32 Å². The Hall–Kier alpha value is -1.39. The highest BCUT2D eigenvalue weighted by atomic mass is 16.5. The number of rotatable bonds is 3. The summed E-state index contributed by atoms with van der Waals surface area (Å²) in [7, 11) is 0. The Labute approximate surface area is 94.8 Å². The Balaban J connectivity index is 1.84. The molecule has 16 heavy (non-hydrogen) atoms. The van der Waals surface area contributed by atoms with Crippen molar-refractivity contribution in [1.82, 2.24) is 5.32 Å². The van der Waals surface area contributed by atoms with Crippen molar-refractivity contribution in [2.45, 2.75) is 25.1 Å². The second-order valence-electron chi connectivity index (χ2n) is 3.98. The molecular formula is C12H16N2O2. The van der Waals surface area contributed by atoms with Crippen molar-refractivity contribution in [1.29, 1.82) is 0 Å². The van der Waals surface area contributed by atoms with E-state index in [0.29, 0.717) is 6.61 Å². The van der Waals surface area contributed by atoms with Crippen molar-refractivity contribution in [3.05, 3.63) is 35.9 Å². The summed E-state index contributed by atoms with van der Waals surface area (Å²) in [5, 5.41) is 3.04. The Kier molecular flexibility index (Phi) is 3.54. The molecule has 0 aliphatic carbocycles. The van der Waals surface area contributed by atoms with E-state index in [1.54, 1.807) is 0 Å². The minimum Gasteiger partial charge on any atom is -0.460 e. The number of hydrogen-bond donors (Lipinski definition) is 2. The van der Waals surface area contributed by atoms with Crippen LogP contribution in [0.1, 0.15) is 12.0 Å². The van der Waals surface area contributed by atoms with Gasteiger partial charge in [0.1, 0.15) is 12.6 Å². The Morgan fingerprint density at radius 2 is 2.19 bits per heavy atom. The lowest BCUT2D eigenvalue weighted by Gasteiger charge is -2.14. The maximum absolute atomic E-state index is 11.7. The first-order valence-electron chi connectivity index (χ1n) is 5.47. The van der Waals surface area contributed by atoms with Crippen LogP contribution in [0.5, 0.6) is 0 Å². The lowest BCUT2D eigenvalue weighted by Crippen LogP contribution is -2.43. The summed E-state index contributed by atoms with van der Waals surface area (Å²) in [6, 6.07) is 9.16. The quantitative estimate of drug-likeness (QED) is 0.725. The molecule has 86 valence electrons. The molecule has 0 spiro atoms. The van der Waals surface area contributed by atoms with Gasteiger partial charge in [-0.25, -0.2) is 0 Å². The predicted octanol–water partition coefficient (Wildman–Crippen LogP) is 0.419. The zero-order valence-corrected chi connectivity index (χ0v) is 9.06. The highest BCUT2D eigenvalue weighted by molar-refractivity contribution is 5.77. The van der Waals surface area contributed by atoms with Crippen LogP contribution in [0.4, 0.5) is 0 Å². The molecule has 2 rings (SSSR count). The van der Waals surface area contributed by atoms with Crippen LogP contribution < -0.4 is 11.1 Å². The fourth-order valence-electron chi connectivity index (χ4n) is 1.80. The zero-order valence-electron chi connectivity index (χ0n) is 9.06. The Bertz CT molecular complexity index is 353. The highest BCUT2D eigenvalue weighted by Gasteiger charge is 2.30. The molecule has 1 saturated heterocycles. The zero-order chi connectivity index (χ0) is 11.4. The summed E-state index contributed by atoms with van der Waals surface area (Å²) in [4.78, 5) is 11.7. The summed E-state index contributed by atoms with van der Waals surface area (Å²) in [5.74, 6) is -0.256. The minimum absolute atomic E-state index is 0.122. The minimum atomic E-state index is -0.344. The van der Waals surface area contributed by atoms with Gasteiger partial charge in [0, 0.05) is 6.04 Å². The second-order valence-corrected chi connectivity index (χ2v) is 3.98. The smallest absolute Gasteiger partial charge is 0.325 e. The lowest BCUT2D eigenvalue weighted by atomic mass is 10.1. The first-order valence-corrected chi connectivity index (χ1v) is 5.47. The molecule has 2 atom stereocenters. The van der Waals surface area contributed by atoms with E-state index in [0.717, 1.165) is 18.5 Å². The third kappa shape index (κ3) is 2.59. The number of carbonyl (C=O) groups excluding carboxylic acids is 1. The lowest BCUT2D eigenvalue weighted by molar-refractivity contribution is -0.147. The number of nitrogens with one attached hydrogen (secondary N) is 1. The van der Waals surface area contributed by atoms with E-state index in [1.807, 2.05) is 30.3 Å². The van der Waals surface area contributed by atoms with Gasteiger partial charge in [-0.2, -0.15) is 0 Å². The van der Waals surface area contributed by atoms with Crippen LogP contribution in [0.25, 0.3) is 0 Å². The Morgan fingerprint density at radius 1 is 1.44 bits per heavy atom. The average Bonchev–Trinajstić information content (AvgIpc) is 2.74. The fourth-order valence-corrected chi connectivity index (χ4v) is 1.80. The summed E-state index contributed by atoms with van der Waals surface area (Å²) >= 11 is 0. The van der Waals surface area contributed by atoms with Crippen molar-refractivity contribution in [2.75, 3.05) is 6.54 Å². The molecule has 3 N–H and O–H groups in total. The topological polar surface area (TPSA) is 64.3 Å². The van der Waals surface area contributed by atoms with Crippen molar-refractivity contribution in [2.24, 2.45) is 5.73 Å². The van der Waals surface area contributed by atoms with Crippen molar-refractivity contribution < 1.29 is 9.53 Å². The number of ether oxygens (including phenoxy) is 1. The number of carbonyl (C=O) groups is 1. The molecule has 4 nitrogen and oxygen atoms in total. The largest absolute Gasteiger partial charge is 0.460 e. The van der Waals surface area contributed by atoms with Crippen LogP contribution in [0, 0.1) is 0 Å². The SMILES string of the molecule is N[C@@H]1CCNC1C(=O)OCc1ccccc1. The first-order chi connectivity index (χ1) is 7.77. The van der Waals surface area contributed by atoms with Gasteiger partial charge in [-0.1, -0.05) is 30.3 Å². The molecule has 0 saturated carbocycles.